The number of thiazole rings is 1. The summed E-state index contributed by atoms with van der Waals surface area (Å²) in [5.41, 5.74) is 0.900. The van der Waals surface area contributed by atoms with Gasteiger partial charge in [0.2, 0.25) is 0 Å². The van der Waals surface area contributed by atoms with Crippen LogP contribution in [0.25, 0.3) is 0 Å². The van der Waals surface area contributed by atoms with Gasteiger partial charge in [0, 0.05) is 32.1 Å². The largest absolute Gasteiger partial charge is 0.354 e. The van der Waals surface area contributed by atoms with Crippen LogP contribution in [0.3, 0.4) is 0 Å². The molecule has 0 unspecified atom stereocenters. The maximum Gasteiger partial charge on any atom is 0.315 e. The van der Waals surface area contributed by atoms with Gasteiger partial charge < -0.3 is 15.5 Å². The average Bonchev–Trinajstić information content (AvgIpc) is 3.00. The molecule has 1 aromatic rings. The molecule has 2 rings (SSSR count). The van der Waals surface area contributed by atoms with Gasteiger partial charge in [-0.25, -0.2) is 9.78 Å². The van der Waals surface area contributed by atoms with Crippen LogP contribution in [0, 0.1) is 0 Å². The Morgan fingerprint density at radius 2 is 2.27 bits per heavy atom. The fraction of sp³-hybridized carbons (Fsp3) is 0.733. The predicted octanol–water partition coefficient (Wildman–Crippen LogP) is 1.88. The van der Waals surface area contributed by atoms with Crippen LogP contribution in [0.1, 0.15) is 31.9 Å². The summed E-state index contributed by atoms with van der Waals surface area (Å²) < 4.78 is 0. The summed E-state index contributed by atoms with van der Waals surface area (Å²) in [5.74, 6) is 0. The molecule has 6 nitrogen and oxygen atoms in total. The molecule has 1 aliphatic rings. The number of likely N-dealkylation sites (N-methyl/N-ethyl adjacent to an activating group) is 1. The number of anilines is 1. The smallest absolute Gasteiger partial charge is 0.315 e. The van der Waals surface area contributed by atoms with E-state index in [4.69, 9.17) is 0 Å². The molecule has 2 amide bonds. The molecule has 0 aromatic carbocycles. The second kappa shape index (κ2) is 8.33. The first-order valence-corrected chi connectivity index (χ1v) is 8.85. The molecular formula is C15H27N5OS. The summed E-state index contributed by atoms with van der Waals surface area (Å²) in [7, 11) is 3.93. The number of nitrogens with one attached hydrogen (secondary N) is 2. The normalized spacial score (nSPS) is 19.0. The van der Waals surface area contributed by atoms with E-state index in [-0.39, 0.29) is 6.03 Å². The van der Waals surface area contributed by atoms with Crippen LogP contribution in [-0.4, -0.2) is 55.7 Å². The molecule has 0 radical (unpaired) electrons. The lowest BCUT2D eigenvalue weighted by Crippen LogP contribution is -2.48. The molecule has 0 saturated carbocycles. The Hall–Kier alpha value is -1.34. The molecule has 0 spiro atoms. The molecule has 0 aliphatic carbocycles. The van der Waals surface area contributed by atoms with Crippen LogP contribution in [0.5, 0.6) is 0 Å². The Kier molecular flexibility index (Phi) is 6.45. The number of hydrogen-bond donors (Lipinski definition) is 2. The van der Waals surface area contributed by atoms with Crippen molar-refractivity contribution >= 4 is 22.5 Å². The summed E-state index contributed by atoms with van der Waals surface area (Å²) in [4.78, 5) is 20.8. The molecule has 7 heteroatoms. The van der Waals surface area contributed by atoms with Crippen molar-refractivity contribution in [2.24, 2.45) is 0 Å². The number of urea groups is 1. The number of carbonyl (C=O) groups excluding carboxylic acids is 1. The summed E-state index contributed by atoms with van der Waals surface area (Å²) in [6.07, 6.45) is 3.71. The number of aromatic nitrogens is 1. The highest BCUT2D eigenvalue weighted by atomic mass is 32.1. The zero-order valence-corrected chi connectivity index (χ0v) is 14.6. The predicted molar refractivity (Wildman–Crippen MR) is 91.6 cm³/mol. The van der Waals surface area contributed by atoms with E-state index < -0.39 is 0 Å². The molecule has 0 bridgehead atoms. The number of amides is 2. The van der Waals surface area contributed by atoms with Crippen molar-refractivity contribution in [3.8, 4) is 0 Å². The molecule has 1 fully saturated rings. The lowest BCUT2D eigenvalue weighted by Gasteiger charge is -2.34. The summed E-state index contributed by atoms with van der Waals surface area (Å²) in [6.45, 7) is 5.58. The highest BCUT2D eigenvalue weighted by Gasteiger charge is 2.21. The van der Waals surface area contributed by atoms with E-state index in [0.717, 1.165) is 30.5 Å². The second-order valence-corrected chi connectivity index (χ2v) is 6.69. The second-order valence-electron chi connectivity index (χ2n) is 5.86. The van der Waals surface area contributed by atoms with Crippen molar-refractivity contribution in [1.82, 2.24) is 20.5 Å². The number of likely N-dealkylation sites (tertiary alicyclic amines) is 1. The fourth-order valence-electron chi connectivity index (χ4n) is 2.73. The minimum absolute atomic E-state index is 0.110. The van der Waals surface area contributed by atoms with Gasteiger partial charge >= 0.3 is 6.03 Å². The Labute approximate surface area is 136 Å². The van der Waals surface area contributed by atoms with Gasteiger partial charge in [-0.3, -0.25) is 4.90 Å². The van der Waals surface area contributed by atoms with Gasteiger partial charge in [-0.05, 0) is 25.9 Å². The number of hydrogen-bond acceptors (Lipinski definition) is 5. The van der Waals surface area contributed by atoms with E-state index in [1.807, 2.05) is 24.4 Å². The van der Waals surface area contributed by atoms with E-state index in [9.17, 15) is 4.79 Å². The van der Waals surface area contributed by atoms with Crippen LogP contribution < -0.4 is 15.5 Å². The van der Waals surface area contributed by atoms with Crippen molar-refractivity contribution in [2.75, 3.05) is 38.6 Å². The van der Waals surface area contributed by atoms with Gasteiger partial charge in [-0.15, -0.1) is 11.3 Å². The third kappa shape index (κ3) is 4.84. The number of rotatable bonds is 6. The highest BCUT2D eigenvalue weighted by molar-refractivity contribution is 7.13. The van der Waals surface area contributed by atoms with Crippen LogP contribution in [0.15, 0.2) is 5.38 Å². The van der Waals surface area contributed by atoms with E-state index in [0.29, 0.717) is 12.6 Å². The molecule has 1 aromatic heterocycles. The quantitative estimate of drug-likeness (QED) is 0.838. The molecule has 1 atom stereocenters. The van der Waals surface area contributed by atoms with Crippen LogP contribution >= 0.6 is 11.3 Å². The summed E-state index contributed by atoms with van der Waals surface area (Å²) in [6, 6.07) is 0.366. The third-order valence-electron chi connectivity index (χ3n) is 4.01. The number of nitrogens with zero attached hydrogens (tertiary/aromatic N) is 3. The monoisotopic (exact) mass is 325 g/mol. The Bertz CT molecular complexity index is 476. The first kappa shape index (κ1) is 17.0. The maximum atomic E-state index is 11.9. The first-order chi connectivity index (χ1) is 10.6. The van der Waals surface area contributed by atoms with Gasteiger partial charge in [0.25, 0.3) is 0 Å². The van der Waals surface area contributed by atoms with E-state index >= 15 is 0 Å². The SMILES string of the molecule is CCN1CCCC[C@@H]1CNC(=O)NCc1csc(N(C)C)n1. The van der Waals surface area contributed by atoms with E-state index in [1.54, 1.807) is 11.3 Å². The highest BCUT2D eigenvalue weighted by Crippen LogP contribution is 2.17. The van der Waals surface area contributed by atoms with Crippen molar-refractivity contribution in [1.29, 1.82) is 0 Å². The maximum absolute atomic E-state index is 11.9. The van der Waals surface area contributed by atoms with Gasteiger partial charge in [0.15, 0.2) is 5.13 Å². The van der Waals surface area contributed by atoms with E-state index in [1.165, 1.54) is 19.3 Å². The zero-order chi connectivity index (χ0) is 15.9. The first-order valence-electron chi connectivity index (χ1n) is 7.97. The lowest BCUT2D eigenvalue weighted by atomic mass is 10.0. The molecule has 2 N–H and O–H groups in total. The zero-order valence-electron chi connectivity index (χ0n) is 13.8. The molecule has 2 heterocycles. The van der Waals surface area contributed by atoms with Crippen molar-refractivity contribution in [3.05, 3.63) is 11.1 Å². The fourth-order valence-corrected chi connectivity index (χ4v) is 3.49. The minimum Gasteiger partial charge on any atom is -0.354 e. The standard InChI is InChI=1S/C15H27N5OS/c1-4-20-8-6-5-7-13(20)10-17-14(21)16-9-12-11-22-15(18-12)19(2)3/h11,13H,4-10H2,1-3H3,(H2,16,17,21)/t13-/m1/s1. The van der Waals surface area contributed by atoms with Crippen molar-refractivity contribution < 1.29 is 4.79 Å². The molecule has 22 heavy (non-hydrogen) atoms. The summed E-state index contributed by atoms with van der Waals surface area (Å²) in [5, 5.41) is 8.81. The lowest BCUT2D eigenvalue weighted by molar-refractivity contribution is 0.153. The minimum atomic E-state index is -0.110. The van der Waals surface area contributed by atoms with Crippen molar-refractivity contribution in [2.45, 2.75) is 38.8 Å². The average molecular weight is 325 g/mol. The Balaban J connectivity index is 1.71. The van der Waals surface area contributed by atoms with Crippen LogP contribution in [0.4, 0.5) is 9.93 Å². The number of carbonyl (C=O) groups is 1. The van der Waals surface area contributed by atoms with Gasteiger partial charge in [0.05, 0.1) is 12.2 Å². The topological polar surface area (TPSA) is 60.5 Å². The molecule has 1 aliphatic heterocycles. The molecule has 1 saturated heterocycles. The van der Waals surface area contributed by atoms with Gasteiger partial charge in [-0.1, -0.05) is 13.3 Å². The Morgan fingerprint density at radius 1 is 1.45 bits per heavy atom. The molecule has 124 valence electrons. The number of piperidine rings is 1. The van der Waals surface area contributed by atoms with E-state index in [2.05, 4.69) is 27.4 Å². The molecular weight excluding hydrogens is 298 g/mol. The van der Waals surface area contributed by atoms with Gasteiger partial charge in [-0.2, -0.15) is 0 Å². The van der Waals surface area contributed by atoms with Gasteiger partial charge in [0.1, 0.15) is 0 Å². The van der Waals surface area contributed by atoms with Crippen molar-refractivity contribution in [3.63, 3.8) is 0 Å². The third-order valence-corrected chi connectivity index (χ3v) is 5.06. The Morgan fingerprint density at radius 3 is 2.95 bits per heavy atom. The van der Waals surface area contributed by atoms with Crippen LogP contribution in [0.2, 0.25) is 0 Å². The summed E-state index contributed by atoms with van der Waals surface area (Å²) >= 11 is 1.59. The van der Waals surface area contributed by atoms with Crippen LogP contribution in [-0.2, 0) is 6.54 Å².